The molecule has 0 radical (unpaired) electrons. The van der Waals surface area contributed by atoms with Crippen LogP contribution in [-0.2, 0) is 42.2 Å². The molecule has 0 aromatic heterocycles. The molecule has 13 heteroatoms. The highest BCUT2D eigenvalue weighted by molar-refractivity contribution is 7.47. The molecule has 1 fully saturated rings. The Morgan fingerprint density at radius 1 is 0.632 bits per heavy atom. The number of unbranched alkanes of at least 4 members (excludes halogenated alkanes) is 12. The summed E-state index contributed by atoms with van der Waals surface area (Å²) in [6.45, 7) is 2.65. The Balaban J connectivity index is 2.35. The number of carboxylic acid groups (broad SMARTS) is 1. The first-order chi connectivity index (χ1) is 27.6. The first-order valence-corrected chi connectivity index (χ1v) is 22.9. The maximum Gasteiger partial charge on any atom is 0.472 e. The van der Waals surface area contributed by atoms with Crippen molar-refractivity contribution >= 4 is 25.7 Å². The van der Waals surface area contributed by atoms with Gasteiger partial charge in [-0.15, -0.1) is 0 Å². The van der Waals surface area contributed by atoms with Crippen LogP contribution in [0.5, 0.6) is 0 Å². The fourth-order valence-corrected chi connectivity index (χ4v) is 6.38. The maximum absolute atomic E-state index is 12.6. The van der Waals surface area contributed by atoms with Crippen LogP contribution in [0.3, 0.4) is 0 Å². The Hall–Kier alpha value is -2.86. The summed E-state index contributed by atoms with van der Waals surface area (Å²) in [4.78, 5) is 45.9. The van der Waals surface area contributed by atoms with Crippen LogP contribution in [0.15, 0.2) is 60.8 Å². The number of epoxide rings is 1. The summed E-state index contributed by atoms with van der Waals surface area (Å²) < 4.78 is 38.3. The van der Waals surface area contributed by atoms with Gasteiger partial charge in [-0.2, -0.15) is 0 Å². The van der Waals surface area contributed by atoms with E-state index in [9.17, 15) is 23.8 Å². The molecule has 57 heavy (non-hydrogen) atoms. The van der Waals surface area contributed by atoms with Crippen molar-refractivity contribution in [2.75, 3.05) is 19.8 Å². The Morgan fingerprint density at radius 3 is 1.70 bits per heavy atom. The number of carbonyl (C=O) groups is 3. The number of hydrogen-bond acceptors (Lipinski definition) is 10. The number of phosphoric acid groups is 1. The number of carboxylic acids is 1. The van der Waals surface area contributed by atoms with Crippen LogP contribution in [0.4, 0.5) is 0 Å². The third kappa shape index (κ3) is 32.8. The summed E-state index contributed by atoms with van der Waals surface area (Å²) in [5.74, 6) is -2.48. The molecule has 1 heterocycles. The van der Waals surface area contributed by atoms with E-state index in [0.29, 0.717) is 31.5 Å². The summed E-state index contributed by atoms with van der Waals surface area (Å²) in [5, 5.41) is 8.89. The molecule has 3 unspecified atom stereocenters. The van der Waals surface area contributed by atoms with Gasteiger partial charge in [-0.25, -0.2) is 4.57 Å². The lowest BCUT2D eigenvalue weighted by Crippen LogP contribution is -2.34. The van der Waals surface area contributed by atoms with Crippen molar-refractivity contribution in [3.05, 3.63) is 60.8 Å². The highest BCUT2D eigenvalue weighted by Gasteiger charge is 2.36. The SMILES string of the molecule is CCCCC/C=C\C/C=C\CCCCCCCC(=O)O[C@H](COC(=O)CCC/C=C\C/C=C\CC1OC1C/C=C\CCCCC)COP(=O)(O)OC[C@H](N)C(=O)O. The minimum absolute atomic E-state index is 0.128. The fraction of sp³-hybridized carbons (Fsp3) is 0.705. The van der Waals surface area contributed by atoms with Crippen molar-refractivity contribution in [2.45, 2.75) is 179 Å². The zero-order valence-corrected chi connectivity index (χ0v) is 35.7. The molecule has 1 aliphatic rings. The van der Waals surface area contributed by atoms with Gasteiger partial charge in [-0.1, -0.05) is 120 Å². The van der Waals surface area contributed by atoms with Gasteiger partial charge in [0.05, 0.1) is 25.4 Å². The van der Waals surface area contributed by atoms with E-state index >= 15 is 0 Å². The summed E-state index contributed by atoms with van der Waals surface area (Å²) >= 11 is 0. The average Bonchev–Trinajstić information content (AvgIpc) is 3.94. The minimum Gasteiger partial charge on any atom is -0.480 e. The molecular weight excluding hydrogens is 749 g/mol. The summed E-state index contributed by atoms with van der Waals surface area (Å²) in [6, 6.07) is -1.54. The molecule has 0 aromatic carbocycles. The lowest BCUT2D eigenvalue weighted by Gasteiger charge is -2.20. The predicted molar refractivity (Wildman–Crippen MR) is 225 cm³/mol. The van der Waals surface area contributed by atoms with E-state index in [1.807, 2.05) is 12.2 Å². The fourth-order valence-electron chi connectivity index (χ4n) is 5.60. The summed E-state index contributed by atoms with van der Waals surface area (Å²) in [5.41, 5.74) is 5.33. The lowest BCUT2D eigenvalue weighted by molar-refractivity contribution is -0.161. The number of phosphoric ester groups is 1. The predicted octanol–water partition coefficient (Wildman–Crippen LogP) is 10.2. The van der Waals surface area contributed by atoms with Gasteiger partial charge < -0.3 is 29.9 Å². The van der Waals surface area contributed by atoms with E-state index in [1.54, 1.807) is 0 Å². The van der Waals surface area contributed by atoms with Gasteiger partial charge in [0.2, 0.25) is 0 Å². The highest BCUT2D eigenvalue weighted by Crippen LogP contribution is 2.43. The first kappa shape index (κ1) is 52.2. The molecule has 0 saturated carbocycles. The lowest BCUT2D eigenvalue weighted by atomic mass is 10.1. The second-order valence-electron chi connectivity index (χ2n) is 14.5. The monoisotopic (exact) mass is 823 g/mol. The maximum atomic E-state index is 12.6. The van der Waals surface area contributed by atoms with Gasteiger partial charge in [-0.3, -0.25) is 23.4 Å². The van der Waals surface area contributed by atoms with Crippen LogP contribution >= 0.6 is 7.82 Å². The number of aliphatic carboxylic acids is 1. The third-order valence-electron chi connectivity index (χ3n) is 9.14. The van der Waals surface area contributed by atoms with E-state index in [1.165, 1.54) is 38.5 Å². The Labute approximate surface area is 343 Å². The quantitative estimate of drug-likeness (QED) is 0.0176. The van der Waals surface area contributed by atoms with Crippen LogP contribution in [0.2, 0.25) is 0 Å². The molecule has 0 bridgehead atoms. The molecular formula is C44H74NO11P. The number of carbonyl (C=O) groups excluding carboxylic acids is 2. The van der Waals surface area contributed by atoms with Gasteiger partial charge in [0, 0.05) is 12.8 Å². The highest BCUT2D eigenvalue weighted by atomic mass is 31.2. The molecule has 0 aliphatic carbocycles. The molecule has 1 saturated heterocycles. The van der Waals surface area contributed by atoms with Crippen molar-refractivity contribution in [3.8, 4) is 0 Å². The molecule has 5 atom stereocenters. The van der Waals surface area contributed by atoms with Crippen molar-refractivity contribution in [1.82, 2.24) is 0 Å². The molecule has 12 nitrogen and oxygen atoms in total. The molecule has 0 aromatic rings. The van der Waals surface area contributed by atoms with Crippen molar-refractivity contribution < 1.29 is 52.2 Å². The number of hydrogen-bond donors (Lipinski definition) is 3. The third-order valence-corrected chi connectivity index (χ3v) is 10.1. The van der Waals surface area contributed by atoms with E-state index in [4.69, 9.17) is 29.6 Å². The molecule has 1 aliphatic heterocycles. The number of rotatable bonds is 38. The number of ether oxygens (including phenoxy) is 3. The zero-order chi connectivity index (χ0) is 41.8. The summed E-state index contributed by atoms with van der Waals surface area (Å²) in [7, 11) is -4.74. The van der Waals surface area contributed by atoms with Gasteiger partial charge >= 0.3 is 25.7 Å². The van der Waals surface area contributed by atoms with E-state index in [0.717, 1.165) is 70.6 Å². The van der Waals surface area contributed by atoms with Gasteiger partial charge in [0.1, 0.15) is 12.6 Å². The van der Waals surface area contributed by atoms with Crippen LogP contribution in [0.1, 0.15) is 155 Å². The van der Waals surface area contributed by atoms with Gasteiger partial charge in [0.15, 0.2) is 6.10 Å². The Kier molecular flexibility index (Phi) is 32.1. The smallest absolute Gasteiger partial charge is 0.472 e. The minimum atomic E-state index is -4.74. The van der Waals surface area contributed by atoms with E-state index in [2.05, 4.69) is 67.0 Å². The van der Waals surface area contributed by atoms with E-state index < -0.39 is 51.1 Å². The standard InChI is InChI=1S/C44H74NO11P/c1-3-5-7-9-11-12-13-14-15-16-17-18-21-26-30-34-43(47)55-38(36-53-57(50,51)54-37-39(45)44(48)49)35-52-42(46)33-29-25-22-19-20-24-28-32-41-40(56-41)31-27-23-10-8-6-4-2/h11-12,14-15,19,22-24,27-28,38-41H,3-10,13,16-18,20-21,25-26,29-37,45H2,1-2H3,(H,48,49)(H,50,51)/b12-11-,15-14-,22-19-,27-23-,28-24-/t38-,39+,40?,41?/m1/s1. The number of nitrogens with two attached hydrogens (primary N) is 1. The molecule has 326 valence electrons. The van der Waals surface area contributed by atoms with E-state index in [-0.39, 0.29) is 19.4 Å². The Morgan fingerprint density at radius 2 is 1.11 bits per heavy atom. The molecule has 0 amide bonds. The number of allylic oxidation sites excluding steroid dienone is 8. The molecule has 4 N–H and O–H groups in total. The molecule has 0 spiro atoms. The summed E-state index contributed by atoms with van der Waals surface area (Å²) in [6.07, 6.45) is 41.8. The van der Waals surface area contributed by atoms with Crippen LogP contribution < -0.4 is 5.73 Å². The van der Waals surface area contributed by atoms with Crippen LogP contribution in [-0.4, -0.2) is 72.1 Å². The topological polar surface area (TPSA) is 184 Å². The van der Waals surface area contributed by atoms with Gasteiger partial charge in [0.25, 0.3) is 0 Å². The largest absolute Gasteiger partial charge is 0.480 e. The van der Waals surface area contributed by atoms with Crippen molar-refractivity contribution in [2.24, 2.45) is 5.73 Å². The number of esters is 2. The van der Waals surface area contributed by atoms with Crippen LogP contribution in [0.25, 0.3) is 0 Å². The van der Waals surface area contributed by atoms with Crippen LogP contribution in [0, 0.1) is 0 Å². The normalized spacial score (nSPS) is 17.9. The second kappa shape index (κ2) is 35.1. The molecule has 1 rings (SSSR count). The van der Waals surface area contributed by atoms with Crippen molar-refractivity contribution in [3.63, 3.8) is 0 Å². The second-order valence-corrected chi connectivity index (χ2v) is 16.0. The van der Waals surface area contributed by atoms with Crippen molar-refractivity contribution in [1.29, 1.82) is 0 Å². The first-order valence-electron chi connectivity index (χ1n) is 21.4. The zero-order valence-electron chi connectivity index (χ0n) is 34.9. The average molecular weight is 824 g/mol. The Bertz CT molecular complexity index is 1260. The van der Waals surface area contributed by atoms with Gasteiger partial charge in [-0.05, 0) is 83.5 Å².